The van der Waals surface area contributed by atoms with Crippen LogP contribution in [0.4, 0.5) is 11.6 Å². The van der Waals surface area contributed by atoms with Gasteiger partial charge in [-0.15, -0.1) is 0 Å². The maximum absolute atomic E-state index is 13.3. The number of hydrogen-bond acceptors (Lipinski definition) is 11. The molecule has 2 aromatic heterocycles. The highest BCUT2D eigenvalue weighted by Crippen LogP contribution is 2.57. The average molecular weight is 986 g/mol. The molecule has 5 saturated heterocycles. The molecule has 0 radical (unpaired) electrons. The molecule has 4 amide bonds. The van der Waals surface area contributed by atoms with E-state index in [1.165, 1.54) is 115 Å². The number of nitrogens with one attached hydrogen (secondary N) is 1. The molecule has 11 aliphatic rings. The number of rotatable bonds is 6. The summed E-state index contributed by atoms with van der Waals surface area (Å²) in [6.07, 6.45) is 17.8. The molecule has 5 aliphatic heterocycles. The smallest absolute Gasteiger partial charge is 0.233 e. The van der Waals surface area contributed by atoms with Crippen LogP contribution in [-0.2, 0) is 19.2 Å². The Morgan fingerprint density at radius 2 is 0.971 bits per heavy atom. The van der Waals surface area contributed by atoms with Crippen molar-refractivity contribution >= 4 is 78.5 Å². The van der Waals surface area contributed by atoms with Gasteiger partial charge in [0.1, 0.15) is 5.82 Å². The summed E-state index contributed by atoms with van der Waals surface area (Å²) < 4.78 is 13.5. The van der Waals surface area contributed by atoms with E-state index in [4.69, 9.17) is 8.75 Å². The molecule has 1 N–H and O–H groups in total. The zero-order chi connectivity index (χ0) is 47.1. The number of fused-ring (bicyclic) bond motifs is 13. The molecular formula is C56H73N8O4S2+. The number of anilines is 2. The molecule has 6 saturated carbocycles. The lowest BCUT2D eigenvalue weighted by atomic mass is 9.78. The minimum atomic E-state index is -0.00259. The van der Waals surface area contributed by atoms with Gasteiger partial charge in [-0.25, -0.2) is 0 Å². The number of nitrogens with zero attached hydrogens (tertiary/aromatic N) is 7. The summed E-state index contributed by atoms with van der Waals surface area (Å²) in [5, 5.41) is 5.06. The number of carbonyl (C=O) groups excluding carboxylic acids is 4. The summed E-state index contributed by atoms with van der Waals surface area (Å²) in [5.41, 5.74) is 0. The molecule has 70 heavy (non-hydrogen) atoms. The third-order valence-corrected chi connectivity index (χ3v) is 22.1. The summed E-state index contributed by atoms with van der Waals surface area (Å²) >= 11 is 3.25. The van der Waals surface area contributed by atoms with E-state index in [0.717, 1.165) is 95.3 Å². The number of carbonyl (C=O) groups is 4. The van der Waals surface area contributed by atoms with Gasteiger partial charge in [-0.05, 0) is 147 Å². The number of piperazine rings is 2. The van der Waals surface area contributed by atoms with E-state index in [9.17, 15) is 19.2 Å². The van der Waals surface area contributed by atoms with Gasteiger partial charge < -0.3 is 14.3 Å². The van der Waals surface area contributed by atoms with Crippen molar-refractivity contribution in [3.05, 3.63) is 48.5 Å². The van der Waals surface area contributed by atoms with Crippen molar-refractivity contribution in [2.75, 3.05) is 88.3 Å². The topological polar surface area (TPSA) is 119 Å². The summed E-state index contributed by atoms with van der Waals surface area (Å²) in [6, 6.07) is 17.2. The molecule has 6 aliphatic carbocycles. The van der Waals surface area contributed by atoms with Crippen LogP contribution in [0.5, 0.6) is 0 Å². The van der Waals surface area contributed by atoms with E-state index in [2.05, 4.69) is 68.5 Å². The number of likely N-dealkylation sites (tertiary alicyclic amines) is 1. The zero-order valence-corrected chi connectivity index (χ0v) is 42.6. The SMILES string of the molecule is O=C1NC(=O)[C@H]2[C@H]3CC[C@H](C3)[C@@H]12.O=C1[C@@H]2[C@@H]3CC[C@@H](C3)[C@@H]2C(=O)N1C[C@@H]1CCCC[C@H]1CN1CCN(c2nsc3ccccc23)CC1.c1ccc2c(N3CC[N+]4(CC3)C[C@@H]3CCCC[C@H]3C4)nsc2c1. The molecule has 12 nitrogen and oxygen atoms in total. The second-order valence-corrected chi connectivity index (χ2v) is 25.6. The van der Waals surface area contributed by atoms with Gasteiger partial charge in [0.2, 0.25) is 23.6 Å². The van der Waals surface area contributed by atoms with E-state index in [1.54, 1.807) is 28.0 Å². The largest absolute Gasteiger partial charge is 0.353 e. The number of imide groups is 2. The molecule has 15 rings (SSSR count). The molecule has 7 heterocycles. The van der Waals surface area contributed by atoms with Gasteiger partial charge in [-0.2, -0.15) is 8.75 Å². The minimum absolute atomic E-state index is 0.00259. The van der Waals surface area contributed by atoms with Crippen molar-refractivity contribution in [1.29, 1.82) is 0 Å². The monoisotopic (exact) mass is 986 g/mol. The first-order chi connectivity index (χ1) is 34.3. The lowest BCUT2D eigenvalue weighted by Gasteiger charge is -2.42. The molecule has 4 bridgehead atoms. The van der Waals surface area contributed by atoms with Crippen molar-refractivity contribution in [2.45, 2.75) is 89.9 Å². The third-order valence-electron chi connectivity index (χ3n) is 20.5. The summed E-state index contributed by atoms with van der Waals surface area (Å²) in [7, 11) is 0. The summed E-state index contributed by atoms with van der Waals surface area (Å²) in [6.45, 7) is 13.9. The number of hydrogen-bond donors (Lipinski definition) is 1. The van der Waals surface area contributed by atoms with Crippen LogP contribution in [0.15, 0.2) is 48.5 Å². The fourth-order valence-electron chi connectivity index (χ4n) is 17.0. The van der Waals surface area contributed by atoms with Crippen molar-refractivity contribution in [1.82, 2.24) is 23.9 Å². The molecular weight excluding hydrogens is 913 g/mol. The first-order valence-electron chi connectivity index (χ1n) is 27.7. The van der Waals surface area contributed by atoms with Crippen LogP contribution in [0.25, 0.3) is 20.2 Å². The Hall–Kier alpha value is -3.98. The maximum atomic E-state index is 13.3. The van der Waals surface area contributed by atoms with Crippen LogP contribution < -0.4 is 15.1 Å². The highest BCUT2D eigenvalue weighted by molar-refractivity contribution is 7.14. The van der Waals surface area contributed by atoms with E-state index in [-0.39, 0.29) is 47.3 Å². The Morgan fingerprint density at radius 1 is 0.514 bits per heavy atom. The van der Waals surface area contributed by atoms with Gasteiger partial charge in [0.15, 0.2) is 5.82 Å². The highest BCUT2D eigenvalue weighted by atomic mass is 32.1. The quantitative estimate of drug-likeness (QED) is 0.150. The third kappa shape index (κ3) is 8.21. The van der Waals surface area contributed by atoms with Crippen LogP contribution in [-0.4, -0.2) is 125 Å². The normalized spacial score (nSPS) is 36.1. The van der Waals surface area contributed by atoms with E-state index < -0.39 is 0 Å². The summed E-state index contributed by atoms with van der Waals surface area (Å²) in [5.74, 6) is 8.04. The average Bonchev–Trinajstić information content (AvgIpc) is 4.27. The number of aromatic nitrogens is 2. The van der Waals surface area contributed by atoms with Crippen LogP contribution in [0.3, 0.4) is 0 Å². The minimum Gasteiger partial charge on any atom is -0.353 e. The van der Waals surface area contributed by atoms with Gasteiger partial charge in [-0.1, -0.05) is 49.9 Å². The number of benzene rings is 2. The lowest BCUT2D eigenvalue weighted by molar-refractivity contribution is -0.919. The molecule has 4 aromatic rings. The Labute approximate surface area is 421 Å². The van der Waals surface area contributed by atoms with Crippen molar-refractivity contribution in [3.63, 3.8) is 0 Å². The first-order valence-corrected chi connectivity index (χ1v) is 29.3. The fourth-order valence-corrected chi connectivity index (χ4v) is 18.6. The standard InChI is InChI=1S/C28H36N4O2S.C19H26N3S.C9H11NO2/c33-27-24-18-9-10-19(15-18)25(24)28(34)32(27)17-21-6-2-1-5-20(21)16-30-11-13-31(14-12-30)26-22-7-3-4-8-23(22)35-29-26;1-2-6-16-14-22(13-15(16)5-1)11-9-21(10-12-22)19-17-7-3-4-8-18(17)23-20-19;11-8-6-4-1-2-5(3-4)7(6)9(12)10-8/h3-4,7-8,18-21,24-25H,1-2,5-6,9-17H2;3-4,7-8,15-16H,1-2,5-6,9-14H2;4-7H,1-3H2,(H,10,11,12)/q;+1;/t18-,19+,20-,21-,24-,25+;15-,16-;4-,5+,6-,7+/m00./s1. The Balaban J connectivity index is 0.000000116. The highest BCUT2D eigenvalue weighted by Gasteiger charge is 2.61. The molecule has 1 spiro atoms. The van der Waals surface area contributed by atoms with Gasteiger partial charge in [0.05, 0.1) is 72.3 Å². The van der Waals surface area contributed by atoms with E-state index in [1.807, 2.05) is 0 Å². The van der Waals surface area contributed by atoms with Gasteiger partial charge in [0, 0.05) is 61.9 Å². The number of quaternary nitrogens is 1. The van der Waals surface area contributed by atoms with Gasteiger partial charge in [-0.3, -0.25) is 34.3 Å². The predicted molar refractivity (Wildman–Crippen MR) is 276 cm³/mol. The maximum Gasteiger partial charge on any atom is 0.233 e. The van der Waals surface area contributed by atoms with Crippen LogP contribution in [0.1, 0.15) is 89.9 Å². The van der Waals surface area contributed by atoms with Crippen LogP contribution in [0, 0.1) is 71.0 Å². The summed E-state index contributed by atoms with van der Waals surface area (Å²) in [4.78, 5) is 58.6. The van der Waals surface area contributed by atoms with Crippen molar-refractivity contribution < 1.29 is 23.7 Å². The number of amides is 4. The van der Waals surface area contributed by atoms with E-state index in [0.29, 0.717) is 42.1 Å². The Morgan fingerprint density at radius 3 is 1.50 bits per heavy atom. The molecule has 14 heteroatoms. The molecule has 11 fully saturated rings. The molecule has 2 aromatic carbocycles. The van der Waals surface area contributed by atoms with Crippen molar-refractivity contribution in [3.8, 4) is 0 Å². The lowest BCUT2D eigenvalue weighted by Crippen LogP contribution is -2.58. The molecule has 12 atom stereocenters. The zero-order valence-electron chi connectivity index (χ0n) is 41.0. The first kappa shape index (κ1) is 45.9. The molecule has 0 unspecified atom stereocenters. The Bertz CT molecular complexity index is 2550. The van der Waals surface area contributed by atoms with Crippen LogP contribution in [0.2, 0.25) is 0 Å². The second-order valence-electron chi connectivity index (χ2n) is 24.0. The second kappa shape index (κ2) is 18.8. The van der Waals surface area contributed by atoms with Gasteiger partial charge >= 0.3 is 0 Å². The molecule has 372 valence electrons. The predicted octanol–water partition coefficient (Wildman–Crippen LogP) is 8.31. The van der Waals surface area contributed by atoms with Crippen LogP contribution >= 0.6 is 23.1 Å². The van der Waals surface area contributed by atoms with Crippen molar-refractivity contribution in [2.24, 2.45) is 71.0 Å². The Kier molecular flexibility index (Phi) is 12.3. The van der Waals surface area contributed by atoms with E-state index >= 15 is 0 Å². The van der Waals surface area contributed by atoms with Gasteiger partial charge in [0.25, 0.3) is 0 Å². The fraction of sp³-hybridized carbons (Fsp3) is 0.679.